The standard InChI is InChI=1S/C22H40F6O2/c1-17(2)9-6-10-18(3)11-7-12-19(4)13-8-14-20(5,29-15-21(23,24)25)30-16-22(26,27)28/h17-19H,6-16H2,1-5H3/t18-,19-/m1/s1. The molecular formula is C22H40F6O2. The first-order chi connectivity index (χ1) is 13.6. The summed E-state index contributed by atoms with van der Waals surface area (Å²) in [5.74, 6) is -0.161. The van der Waals surface area contributed by atoms with Gasteiger partial charge in [0.1, 0.15) is 13.2 Å². The number of hydrogen-bond acceptors (Lipinski definition) is 2. The third-order valence-corrected chi connectivity index (χ3v) is 5.28. The summed E-state index contributed by atoms with van der Waals surface area (Å²) in [5, 5.41) is 0. The Morgan fingerprint density at radius 3 is 1.33 bits per heavy atom. The molecule has 0 saturated carbocycles. The molecule has 0 unspecified atom stereocenters. The molecule has 0 aromatic rings. The second-order valence-corrected chi connectivity index (χ2v) is 9.30. The van der Waals surface area contributed by atoms with Crippen LogP contribution in [0.1, 0.15) is 92.4 Å². The first-order valence-electron chi connectivity index (χ1n) is 11.0. The first-order valence-corrected chi connectivity index (χ1v) is 11.0. The molecule has 30 heavy (non-hydrogen) atoms. The molecule has 0 spiro atoms. The van der Waals surface area contributed by atoms with Crippen LogP contribution in [-0.4, -0.2) is 31.4 Å². The summed E-state index contributed by atoms with van der Waals surface area (Å²) < 4.78 is 84.0. The molecule has 8 heteroatoms. The summed E-state index contributed by atoms with van der Waals surface area (Å²) >= 11 is 0. The smallest absolute Gasteiger partial charge is 0.341 e. The van der Waals surface area contributed by atoms with E-state index in [2.05, 4.69) is 27.7 Å². The fourth-order valence-electron chi connectivity index (χ4n) is 3.40. The monoisotopic (exact) mass is 450 g/mol. The molecule has 182 valence electrons. The van der Waals surface area contributed by atoms with Crippen LogP contribution in [0.3, 0.4) is 0 Å². The third kappa shape index (κ3) is 18.3. The fourth-order valence-corrected chi connectivity index (χ4v) is 3.40. The zero-order valence-electron chi connectivity index (χ0n) is 19.1. The average Bonchev–Trinajstić information content (AvgIpc) is 2.57. The van der Waals surface area contributed by atoms with Gasteiger partial charge in [0.05, 0.1) is 0 Å². The van der Waals surface area contributed by atoms with Gasteiger partial charge < -0.3 is 9.47 Å². The zero-order valence-corrected chi connectivity index (χ0v) is 19.1. The molecule has 0 aromatic carbocycles. The second-order valence-electron chi connectivity index (χ2n) is 9.30. The van der Waals surface area contributed by atoms with Crippen molar-refractivity contribution < 1.29 is 35.8 Å². The van der Waals surface area contributed by atoms with E-state index in [4.69, 9.17) is 9.47 Å². The maximum atomic E-state index is 12.4. The van der Waals surface area contributed by atoms with Crippen molar-refractivity contribution in [1.29, 1.82) is 0 Å². The second kappa shape index (κ2) is 13.8. The molecule has 0 amide bonds. The zero-order chi connectivity index (χ0) is 23.4. The van der Waals surface area contributed by atoms with E-state index in [1.165, 1.54) is 19.3 Å². The first kappa shape index (κ1) is 29.5. The Balaban J connectivity index is 4.27. The number of halogens is 6. The van der Waals surface area contributed by atoms with Gasteiger partial charge in [0.15, 0.2) is 5.79 Å². The average molecular weight is 451 g/mol. The van der Waals surface area contributed by atoms with Gasteiger partial charge in [-0.1, -0.05) is 72.6 Å². The fraction of sp³-hybridized carbons (Fsp3) is 1.00. The van der Waals surface area contributed by atoms with Crippen molar-refractivity contribution in [2.75, 3.05) is 13.2 Å². The summed E-state index contributed by atoms with van der Waals surface area (Å²) in [6, 6.07) is 0. The summed E-state index contributed by atoms with van der Waals surface area (Å²) in [5.41, 5.74) is 0. The van der Waals surface area contributed by atoms with Crippen LogP contribution in [0, 0.1) is 17.8 Å². The predicted octanol–water partition coefficient (Wildman–Crippen LogP) is 8.30. The lowest BCUT2D eigenvalue weighted by molar-refractivity contribution is -0.305. The minimum atomic E-state index is -4.62. The van der Waals surface area contributed by atoms with Crippen LogP contribution in [0.25, 0.3) is 0 Å². The lowest BCUT2D eigenvalue weighted by atomic mass is 9.91. The molecule has 0 N–H and O–H groups in total. The van der Waals surface area contributed by atoms with Crippen LogP contribution >= 0.6 is 0 Å². The van der Waals surface area contributed by atoms with E-state index in [1.54, 1.807) is 0 Å². The van der Waals surface area contributed by atoms with Crippen molar-refractivity contribution >= 4 is 0 Å². The maximum absolute atomic E-state index is 12.4. The Kier molecular flexibility index (Phi) is 13.6. The quantitative estimate of drug-likeness (QED) is 0.174. The highest BCUT2D eigenvalue weighted by Gasteiger charge is 2.38. The van der Waals surface area contributed by atoms with Crippen LogP contribution in [0.4, 0.5) is 26.3 Å². The molecule has 0 radical (unpaired) electrons. The lowest BCUT2D eigenvalue weighted by Gasteiger charge is -2.31. The van der Waals surface area contributed by atoms with Gasteiger partial charge in [-0.25, -0.2) is 0 Å². The maximum Gasteiger partial charge on any atom is 0.411 e. The number of ether oxygens (including phenoxy) is 2. The Morgan fingerprint density at radius 2 is 0.967 bits per heavy atom. The highest BCUT2D eigenvalue weighted by Crippen LogP contribution is 2.29. The van der Waals surface area contributed by atoms with Gasteiger partial charge in [0, 0.05) is 6.42 Å². The summed E-state index contributed by atoms with van der Waals surface area (Å²) in [4.78, 5) is 0. The largest absolute Gasteiger partial charge is 0.411 e. The Hall–Kier alpha value is -0.500. The summed E-state index contributed by atoms with van der Waals surface area (Å²) in [6.07, 6.45) is -1.19. The van der Waals surface area contributed by atoms with Gasteiger partial charge in [-0.3, -0.25) is 0 Å². The van der Waals surface area contributed by atoms with Crippen LogP contribution < -0.4 is 0 Å². The van der Waals surface area contributed by atoms with Gasteiger partial charge in [0.25, 0.3) is 0 Å². The number of alkyl halides is 6. The van der Waals surface area contributed by atoms with Gasteiger partial charge in [0.2, 0.25) is 0 Å². The van der Waals surface area contributed by atoms with E-state index >= 15 is 0 Å². The molecule has 2 atom stereocenters. The molecular weight excluding hydrogens is 410 g/mol. The van der Waals surface area contributed by atoms with E-state index in [1.807, 2.05) is 0 Å². The van der Waals surface area contributed by atoms with Crippen molar-refractivity contribution in [2.24, 2.45) is 17.8 Å². The predicted molar refractivity (Wildman–Crippen MR) is 107 cm³/mol. The summed E-state index contributed by atoms with van der Waals surface area (Å²) in [6.45, 7) is 6.64. The normalized spacial score (nSPS) is 15.6. The van der Waals surface area contributed by atoms with Crippen LogP contribution in [-0.2, 0) is 9.47 Å². The van der Waals surface area contributed by atoms with Crippen molar-refractivity contribution in [3.8, 4) is 0 Å². The molecule has 2 nitrogen and oxygen atoms in total. The lowest BCUT2D eigenvalue weighted by Crippen LogP contribution is -2.39. The molecule has 0 aliphatic rings. The molecule has 0 heterocycles. The van der Waals surface area contributed by atoms with Crippen molar-refractivity contribution in [1.82, 2.24) is 0 Å². The number of rotatable bonds is 16. The van der Waals surface area contributed by atoms with E-state index in [-0.39, 0.29) is 6.42 Å². The van der Waals surface area contributed by atoms with E-state index in [0.717, 1.165) is 32.1 Å². The molecule has 0 saturated heterocycles. The van der Waals surface area contributed by atoms with Crippen molar-refractivity contribution in [3.05, 3.63) is 0 Å². The molecule has 0 fully saturated rings. The Labute approximate surface area is 178 Å². The van der Waals surface area contributed by atoms with Crippen LogP contribution in [0.15, 0.2) is 0 Å². The molecule has 0 bridgehead atoms. The molecule has 0 rings (SSSR count). The van der Waals surface area contributed by atoms with E-state index < -0.39 is 31.4 Å². The molecule has 0 aromatic heterocycles. The minimum Gasteiger partial charge on any atom is -0.341 e. The minimum absolute atomic E-state index is 0.0187. The van der Waals surface area contributed by atoms with E-state index in [0.29, 0.717) is 24.7 Å². The molecule has 0 aliphatic heterocycles. The van der Waals surface area contributed by atoms with Crippen molar-refractivity contribution in [2.45, 2.75) is 111 Å². The topological polar surface area (TPSA) is 18.5 Å². The Bertz CT molecular complexity index is 416. The van der Waals surface area contributed by atoms with Gasteiger partial charge in [-0.15, -0.1) is 0 Å². The van der Waals surface area contributed by atoms with Crippen LogP contribution in [0.5, 0.6) is 0 Å². The SMILES string of the molecule is CC(C)CCC[C@@H](C)CCC[C@@H](C)CCCC(C)(OCC(F)(F)F)OCC(F)(F)F. The highest BCUT2D eigenvalue weighted by atomic mass is 19.4. The van der Waals surface area contributed by atoms with E-state index in [9.17, 15) is 26.3 Å². The Morgan fingerprint density at radius 1 is 0.600 bits per heavy atom. The van der Waals surface area contributed by atoms with Crippen molar-refractivity contribution in [3.63, 3.8) is 0 Å². The van der Waals surface area contributed by atoms with Gasteiger partial charge in [-0.2, -0.15) is 26.3 Å². The molecule has 0 aliphatic carbocycles. The van der Waals surface area contributed by atoms with Gasteiger partial charge >= 0.3 is 12.4 Å². The van der Waals surface area contributed by atoms with Crippen LogP contribution in [0.2, 0.25) is 0 Å². The summed E-state index contributed by atoms with van der Waals surface area (Å²) in [7, 11) is 0. The third-order valence-electron chi connectivity index (χ3n) is 5.28. The number of hydrogen-bond donors (Lipinski definition) is 0. The van der Waals surface area contributed by atoms with Gasteiger partial charge in [-0.05, 0) is 31.1 Å². The highest BCUT2D eigenvalue weighted by molar-refractivity contribution is 4.68.